The summed E-state index contributed by atoms with van der Waals surface area (Å²) < 4.78 is 0. The van der Waals surface area contributed by atoms with E-state index in [0.29, 0.717) is 0 Å². The van der Waals surface area contributed by atoms with Crippen LogP contribution in [0.4, 0.5) is 0 Å². The first-order chi connectivity index (χ1) is 5.00. The molecule has 0 atom stereocenters. The van der Waals surface area contributed by atoms with Crippen molar-refractivity contribution in [3.63, 3.8) is 0 Å². The van der Waals surface area contributed by atoms with Crippen molar-refractivity contribution in [2.75, 3.05) is 0 Å². The van der Waals surface area contributed by atoms with Crippen LogP contribution in [0.15, 0.2) is 0 Å². The van der Waals surface area contributed by atoms with Gasteiger partial charge in [-0.15, -0.1) is 0 Å². The van der Waals surface area contributed by atoms with Crippen LogP contribution < -0.4 is 0 Å². The van der Waals surface area contributed by atoms with Crippen molar-refractivity contribution < 1.29 is 0 Å². The molecule has 0 saturated carbocycles. The van der Waals surface area contributed by atoms with Crippen molar-refractivity contribution >= 4 is 103 Å². The van der Waals surface area contributed by atoms with E-state index in [9.17, 15) is 0 Å². The van der Waals surface area contributed by atoms with E-state index in [1.165, 1.54) is 0 Å². The molecule has 12 heavy (non-hydrogen) atoms. The van der Waals surface area contributed by atoms with Crippen molar-refractivity contribution in [2.24, 2.45) is 0 Å². The Kier molecular flexibility index (Phi) is 11500. The molecule has 0 amide bonds. The summed E-state index contributed by atoms with van der Waals surface area (Å²) in [5, 5.41) is 32.5. The number of nitriles is 5. The van der Waals surface area contributed by atoms with Crippen LogP contribution in [-0.2, 0) is 0 Å². The molecule has 7 heteroatoms. The number of hydrogen-bond donors (Lipinski definition) is 0. The molecule has 0 radical (unpaired) electrons. The summed E-state index contributed by atoms with van der Waals surface area (Å²) in [6.07, 6.45) is 0. The van der Waals surface area contributed by atoms with Crippen molar-refractivity contribution in [3.8, 4) is 32.9 Å². The molecule has 0 aliphatic carbocycles. The van der Waals surface area contributed by atoms with Gasteiger partial charge in [0.1, 0.15) is 0 Å². The fourth-order valence-electron chi connectivity index (χ4n) is 0. The van der Waals surface area contributed by atoms with E-state index in [2.05, 4.69) is 32.9 Å². The third kappa shape index (κ3) is 1940. The van der Waals surface area contributed by atoms with Crippen LogP contribution in [-0.4, -0.2) is 103 Å². The van der Waals surface area contributed by atoms with Crippen molar-refractivity contribution in [1.29, 1.82) is 26.3 Å². The maximum atomic E-state index is 6.50. The van der Waals surface area contributed by atoms with Gasteiger partial charge in [-0.05, 0) is 0 Å². The third-order valence-electron chi connectivity index (χ3n) is 0. The fraction of sp³-hybridized carbons (Fsp3) is 0. The van der Waals surface area contributed by atoms with Crippen LogP contribution in [0.1, 0.15) is 0 Å². The molecule has 54 valence electrons. The Bertz CT molecular complexity index is 76.4. The zero-order valence-electron chi connectivity index (χ0n) is 5.12. The Hall–Kier alpha value is 0.723. The molecule has 0 heterocycles. The minimum absolute atomic E-state index is 0. The standard InChI is InChI=1S/5CHN.2K.2H/c5*1-2;;;;/h5*1H;;;;. The molecule has 0 aromatic heterocycles. The summed E-state index contributed by atoms with van der Waals surface area (Å²) in [7, 11) is 0. The Morgan fingerprint density at radius 3 is 0.333 bits per heavy atom. The molecule has 0 aromatic carbocycles. The Balaban J connectivity index is -0.00000000500. The average molecular weight is 215 g/mol. The molecule has 5 nitrogen and oxygen atoms in total. The zero-order chi connectivity index (χ0) is 10.0. The Morgan fingerprint density at radius 1 is 0.333 bits per heavy atom. The van der Waals surface area contributed by atoms with E-state index in [-0.39, 0.29) is 103 Å². The van der Waals surface area contributed by atoms with Gasteiger partial charge in [0.2, 0.25) is 0 Å². The summed E-state index contributed by atoms with van der Waals surface area (Å²) in [6, 6.07) is 0. The molecule has 0 aliphatic heterocycles. The molecule has 0 aromatic rings. The summed E-state index contributed by atoms with van der Waals surface area (Å²) in [5.74, 6) is 0. The van der Waals surface area contributed by atoms with E-state index in [0.717, 1.165) is 0 Å². The van der Waals surface area contributed by atoms with Gasteiger partial charge in [-0.3, -0.25) is 0 Å². The molecule has 0 aliphatic rings. The summed E-state index contributed by atoms with van der Waals surface area (Å²) >= 11 is 0. The second kappa shape index (κ2) is 2580. The van der Waals surface area contributed by atoms with Crippen LogP contribution in [0, 0.1) is 59.2 Å². The molecule has 0 rings (SSSR count). The van der Waals surface area contributed by atoms with E-state index >= 15 is 0 Å². The van der Waals surface area contributed by atoms with Gasteiger partial charge in [0.05, 0.1) is 0 Å². The Labute approximate surface area is 158 Å². The van der Waals surface area contributed by atoms with E-state index in [1.807, 2.05) is 0 Å². The maximum absolute atomic E-state index is 6.50. The number of nitrogens with zero attached hydrogens (tertiary/aromatic N) is 5. The summed E-state index contributed by atoms with van der Waals surface area (Å²) in [6.45, 7) is 17.5. The molecular formula is C5H7K2N5. The first kappa shape index (κ1) is 53.4. The SMILES string of the molecule is C#N.C#N.C#N.C#N.C#N.[KH].[KH]. The van der Waals surface area contributed by atoms with Crippen LogP contribution in [0.5, 0.6) is 0 Å². The molecular weight excluding hydrogens is 208 g/mol. The quantitative estimate of drug-likeness (QED) is 0.500. The monoisotopic (exact) mass is 215 g/mol. The van der Waals surface area contributed by atoms with Crippen LogP contribution in [0.2, 0.25) is 0 Å². The minimum atomic E-state index is 0. The number of hydrogen-bond acceptors (Lipinski definition) is 5. The van der Waals surface area contributed by atoms with Gasteiger partial charge in [-0.2, -0.15) is 0 Å². The first-order valence-electron chi connectivity index (χ1n) is 1.29. The molecule has 0 bridgehead atoms. The van der Waals surface area contributed by atoms with Crippen LogP contribution in [0.25, 0.3) is 0 Å². The van der Waals surface area contributed by atoms with Crippen LogP contribution in [0.3, 0.4) is 0 Å². The van der Waals surface area contributed by atoms with Gasteiger partial charge in [-0.25, -0.2) is 26.3 Å². The van der Waals surface area contributed by atoms with Gasteiger partial charge in [0.15, 0.2) is 0 Å². The van der Waals surface area contributed by atoms with Gasteiger partial charge in [0, 0.05) is 32.9 Å². The summed E-state index contributed by atoms with van der Waals surface area (Å²) in [5.41, 5.74) is 0. The average Bonchev–Trinajstić information content (AvgIpc) is 2.20. The number of rotatable bonds is 0. The fourth-order valence-corrected chi connectivity index (χ4v) is 0. The zero-order valence-corrected chi connectivity index (χ0v) is 5.12. The van der Waals surface area contributed by atoms with E-state index in [4.69, 9.17) is 26.3 Å². The van der Waals surface area contributed by atoms with Gasteiger partial charge in [-0.1, -0.05) is 0 Å². The van der Waals surface area contributed by atoms with E-state index in [1.54, 1.807) is 0 Å². The third-order valence-corrected chi connectivity index (χ3v) is 0. The van der Waals surface area contributed by atoms with Gasteiger partial charge >= 0.3 is 103 Å². The van der Waals surface area contributed by atoms with Crippen molar-refractivity contribution in [3.05, 3.63) is 0 Å². The summed E-state index contributed by atoms with van der Waals surface area (Å²) in [4.78, 5) is 0. The van der Waals surface area contributed by atoms with Crippen LogP contribution >= 0.6 is 0 Å². The first-order valence-corrected chi connectivity index (χ1v) is 1.29. The van der Waals surface area contributed by atoms with E-state index < -0.39 is 0 Å². The molecule has 0 saturated heterocycles. The van der Waals surface area contributed by atoms with Crippen molar-refractivity contribution in [1.82, 2.24) is 0 Å². The van der Waals surface area contributed by atoms with Gasteiger partial charge in [0.25, 0.3) is 0 Å². The molecule has 0 unspecified atom stereocenters. The predicted molar refractivity (Wildman–Crippen MR) is 47.6 cm³/mol. The topological polar surface area (TPSA) is 119 Å². The molecule has 0 N–H and O–H groups in total. The molecule has 0 fully saturated rings. The van der Waals surface area contributed by atoms with Crippen molar-refractivity contribution in [2.45, 2.75) is 0 Å². The second-order valence-corrected chi connectivity index (χ2v) is 0. The molecule has 0 spiro atoms. The Morgan fingerprint density at radius 2 is 0.333 bits per heavy atom. The predicted octanol–water partition coefficient (Wildman–Crippen LogP) is -0.598. The van der Waals surface area contributed by atoms with Gasteiger partial charge < -0.3 is 0 Å². The second-order valence-electron chi connectivity index (χ2n) is 0. The normalized spacial score (nSPS) is 0.833.